The van der Waals surface area contributed by atoms with Crippen LogP contribution in [0.3, 0.4) is 0 Å². The molecule has 1 aliphatic rings. The van der Waals surface area contributed by atoms with Crippen LogP contribution >= 0.6 is 0 Å². The van der Waals surface area contributed by atoms with Gasteiger partial charge in [-0.25, -0.2) is 4.79 Å². The van der Waals surface area contributed by atoms with Gasteiger partial charge in [0.1, 0.15) is 29.9 Å². The van der Waals surface area contributed by atoms with Crippen LogP contribution < -0.4 is 15.7 Å². The lowest BCUT2D eigenvalue weighted by Crippen LogP contribution is -2.65. The minimum absolute atomic E-state index is 0.0722. The summed E-state index contributed by atoms with van der Waals surface area (Å²) < 4.78 is 16.0. The van der Waals surface area contributed by atoms with E-state index in [2.05, 4.69) is 5.32 Å². The van der Waals surface area contributed by atoms with Crippen LogP contribution in [-0.4, -0.2) is 63.6 Å². The molecule has 1 saturated heterocycles. The molecule has 2 heterocycles. The van der Waals surface area contributed by atoms with E-state index < -0.39 is 48.8 Å². The van der Waals surface area contributed by atoms with E-state index in [1.807, 2.05) is 0 Å². The van der Waals surface area contributed by atoms with E-state index in [9.17, 15) is 30.0 Å². The average Bonchev–Trinajstić information content (AvgIpc) is 2.61. The first-order valence-corrected chi connectivity index (χ1v) is 8.13. The maximum absolute atomic E-state index is 11.4. The fourth-order valence-electron chi connectivity index (χ4n) is 2.87. The molecule has 1 aliphatic heterocycles. The second-order valence-electron chi connectivity index (χ2n) is 6.16. The van der Waals surface area contributed by atoms with E-state index in [1.54, 1.807) is 0 Å². The maximum Gasteiger partial charge on any atom is 0.336 e. The topological polar surface area (TPSA) is 159 Å². The minimum atomic E-state index is -1.48. The van der Waals surface area contributed by atoms with Crippen molar-refractivity contribution in [2.45, 2.75) is 37.6 Å². The summed E-state index contributed by atoms with van der Waals surface area (Å²) in [7, 11) is 0. The Hall–Kier alpha value is -2.66. The number of aliphatic hydroxyl groups excluding tert-OH is 3. The Kier molecular flexibility index (Phi) is 5.33. The Morgan fingerprint density at radius 2 is 2.00 bits per heavy atom. The first-order chi connectivity index (χ1) is 12.8. The maximum atomic E-state index is 11.4. The van der Waals surface area contributed by atoms with Crippen molar-refractivity contribution in [3.63, 3.8) is 0 Å². The van der Waals surface area contributed by atoms with Crippen molar-refractivity contribution in [2.24, 2.45) is 0 Å². The predicted molar refractivity (Wildman–Crippen MR) is 90.1 cm³/mol. The number of amides is 1. The second kappa shape index (κ2) is 7.53. The third-order valence-corrected chi connectivity index (χ3v) is 4.19. The molecule has 0 bridgehead atoms. The minimum Gasteiger partial charge on any atom is -0.504 e. The molecule has 1 amide bonds. The first kappa shape index (κ1) is 19.1. The molecule has 0 radical (unpaired) electrons. The molecule has 0 saturated carbocycles. The van der Waals surface area contributed by atoms with Crippen LogP contribution in [0.25, 0.3) is 11.0 Å². The van der Waals surface area contributed by atoms with Crippen molar-refractivity contribution < 1.29 is 39.1 Å². The number of aromatic hydroxyl groups is 1. The van der Waals surface area contributed by atoms with Gasteiger partial charge in [0.05, 0.1) is 6.61 Å². The van der Waals surface area contributed by atoms with Crippen molar-refractivity contribution in [2.75, 3.05) is 6.61 Å². The molecule has 1 fully saturated rings. The number of phenolic OH excluding ortho intramolecular Hbond substituents is 1. The van der Waals surface area contributed by atoms with Crippen LogP contribution in [0.1, 0.15) is 6.92 Å². The highest BCUT2D eigenvalue weighted by Gasteiger charge is 2.46. The molecule has 0 unspecified atom stereocenters. The van der Waals surface area contributed by atoms with Crippen LogP contribution in [-0.2, 0) is 9.53 Å². The van der Waals surface area contributed by atoms with Gasteiger partial charge in [-0.2, -0.15) is 0 Å². The fourth-order valence-corrected chi connectivity index (χ4v) is 2.87. The SMILES string of the molecule is CC(=O)N[C@@H]1[C@H](Oc2cc3ccc(=O)oc3cc2O)O[C@H](CO)[C@@H](O)[C@@H]1O. The summed E-state index contributed by atoms with van der Waals surface area (Å²) in [5.41, 5.74) is -0.446. The zero-order valence-corrected chi connectivity index (χ0v) is 14.2. The number of phenols is 1. The summed E-state index contributed by atoms with van der Waals surface area (Å²) in [4.78, 5) is 22.7. The number of ether oxygens (including phenoxy) is 2. The van der Waals surface area contributed by atoms with Crippen molar-refractivity contribution in [3.05, 3.63) is 34.7 Å². The van der Waals surface area contributed by atoms with Crippen LogP contribution in [0.2, 0.25) is 0 Å². The quantitative estimate of drug-likeness (QED) is 0.411. The normalized spacial score (nSPS) is 28.1. The third-order valence-electron chi connectivity index (χ3n) is 4.19. The molecular weight excluding hydrogens is 362 g/mol. The summed E-state index contributed by atoms with van der Waals surface area (Å²) >= 11 is 0. The Balaban J connectivity index is 1.94. The summed E-state index contributed by atoms with van der Waals surface area (Å²) in [5.74, 6) is -0.949. The number of carbonyl (C=O) groups is 1. The monoisotopic (exact) mass is 381 g/mol. The van der Waals surface area contributed by atoms with E-state index in [0.29, 0.717) is 5.39 Å². The zero-order chi connectivity index (χ0) is 19.7. The number of nitrogens with one attached hydrogen (secondary N) is 1. The smallest absolute Gasteiger partial charge is 0.336 e. The van der Waals surface area contributed by atoms with Gasteiger partial charge >= 0.3 is 5.63 Å². The molecule has 2 aromatic rings. The van der Waals surface area contributed by atoms with E-state index in [1.165, 1.54) is 31.2 Å². The molecule has 0 aliphatic carbocycles. The summed E-state index contributed by atoms with van der Waals surface area (Å²) in [5, 5.41) is 42.6. The zero-order valence-electron chi connectivity index (χ0n) is 14.2. The number of benzene rings is 1. The molecule has 10 heteroatoms. The number of fused-ring (bicyclic) bond motifs is 1. The number of rotatable bonds is 4. The molecule has 5 N–H and O–H groups in total. The Bertz CT molecular complexity index is 896. The average molecular weight is 381 g/mol. The standard InChI is InChI=1S/C17H19NO9/c1-7(20)18-14-16(24)15(23)12(6-19)27-17(14)26-11-4-8-2-3-13(22)25-10(8)5-9(11)21/h2-5,12,14-17,19,21,23-24H,6H2,1H3,(H,18,20)/t12-,14+,15-,16-,17-/m1/s1. The highest BCUT2D eigenvalue weighted by molar-refractivity contribution is 5.80. The lowest BCUT2D eigenvalue weighted by atomic mass is 9.97. The van der Waals surface area contributed by atoms with Gasteiger partial charge in [0.15, 0.2) is 11.5 Å². The van der Waals surface area contributed by atoms with E-state index in [-0.39, 0.29) is 17.1 Å². The van der Waals surface area contributed by atoms with E-state index in [4.69, 9.17) is 13.9 Å². The highest BCUT2D eigenvalue weighted by Crippen LogP contribution is 2.33. The van der Waals surface area contributed by atoms with Crippen LogP contribution in [0, 0.1) is 0 Å². The Morgan fingerprint density at radius 1 is 1.26 bits per heavy atom. The van der Waals surface area contributed by atoms with Gasteiger partial charge in [0.25, 0.3) is 0 Å². The van der Waals surface area contributed by atoms with Gasteiger partial charge in [0, 0.05) is 24.4 Å². The van der Waals surface area contributed by atoms with Gasteiger partial charge in [0.2, 0.25) is 12.2 Å². The van der Waals surface area contributed by atoms with Crippen LogP contribution in [0.5, 0.6) is 11.5 Å². The molecule has 5 atom stereocenters. The Morgan fingerprint density at radius 3 is 2.67 bits per heavy atom. The van der Waals surface area contributed by atoms with E-state index in [0.717, 1.165) is 0 Å². The fraction of sp³-hybridized carbons (Fsp3) is 0.412. The number of hydrogen-bond acceptors (Lipinski definition) is 9. The van der Waals surface area contributed by atoms with Crippen molar-refractivity contribution >= 4 is 16.9 Å². The molecule has 27 heavy (non-hydrogen) atoms. The lowest BCUT2D eigenvalue weighted by Gasteiger charge is -2.42. The van der Waals surface area contributed by atoms with E-state index >= 15 is 0 Å². The second-order valence-corrected chi connectivity index (χ2v) is 6.16. The molecule has 1 aromatic heterocycles. The summed E-state index contributed by atoms with van der Waals surface area (Å²) in [6.45, 7) is 0.615. The van der Waals surface area contributed by atoms with Crippen molar-refractivity contribution in [1.29, 1.82) is 0 Å². The van der Waals surface area contributed by atoms with Crippen LogP contribution in [0.15, 0.2) is 33.5 Å². The molecular formula is C17H19NO9. The predicted octanol–water partition coefficient (Wildman–Crippen LogP) is -1.18. The van der Waals surface area contributed by atoms with Gasteiger partial charge in [-0.3, -0.25) is 4.79 Å². The number of carbonyl (C=O) groups excluding carboxylic acids is 1. The summed E-state index contributed by atoms with van der Waals surface area (Å²) in [6.07, 6.45) is -5.41. The van der Waals surface area contributed by atoms with Crippen molar-refractivity contribution in [3.8, 4) is 11.5 Å². The van der Waals surface area contributed by atoms with Gasteiger partial charge in [-0.15, -0.1) is 0 Å². The molecule has 10 nitrogen and oxygen atoms in total. The van der Waals surface area contributed by atoms with Crippen LogP contribution in [0.4, 0.5) is 0 Å². The van der Waals surface area contributed by atoms with Gasteiger partial charge in [-0.1, -0.05) is 0 Å². The number of hydrogen-bond donors (Lipinski definition) is 5. The van der Waals surface area contributed by atoms with Crippen molar-refractivity contribution in [1.82, 2.24) is 5.32 Å². The first-order valence-electron chi connectivity index (χ1n) is 8.13. The third kappa shape index (κ3) is 3.88. The Labute approximate surface area is 152 Å². The lowest BCUT2D eigenvalue weighted by molar-refractivity contribution is -0.244. The summed E-state index contributed by atoms with van der Waals surface area (Å²) in [6, 6.07) is 4.06. The number of aliphatic hydroxyl groups is 3. The highest BCUT2D eigenvalue weighted by atomic mass is 16.7. The van der Waals surface area contributed by atoms with Gasteiger partial charge in [-0.05, 0) is 12.1 Å². The molecule has 146 valence electrons. The molecule has 1 aromatic carbocycles. The molecule has 0 spiro atoms. The largest absolute Gasteiger partial charge is 0.504 e. The molecule has 3 rings (SSSR count). The van der Waals surface area contributed by atoms with Gasteiger partial charge < -0.3 is 39.6 Å².